The molecular formula is C13H16ClN3O. The Morgan fingerprint density at radius 3 is 2.78 bits per heavy atom. The lowest BCUT2D eigenvalue weighted by atomic mass is 10.0. The molecule has 0 aliphatic heterocycles. The molecule has 0 radical (unpaired) electrons. The summed E-state index contributed by atoms with van der Waals surface area (Å²) < 4.78 is 6.76. The van der Waals surface area contributed by atoms with Gasteiger partial charge in [-0.1, -0.05) is 29.8 Å². The van der Waals surface area contributed by atoms with Crippen LogP contribution in [0.15, 0.2) is 24.3 Å². The zero-order valence-electron chi connectivity index (χ0n) is 10.5. The van der Waals surface area contributed by atoms with Crippen LogP contribution in [0.2, 0.25) is 5.02 Å². The topological polar surface area (TPSA) is 53.1 Å². The molecule has 4 nitrogen and oxygen atoms in total. The summed E-state index contributed by atoms with van der Waals surface area (Å²) in [5.74, 6) is 0.620. The van der Waals surface area contributed by atoms with Crippen molar-refractivity contribution in [2.45, 2.75) is 6.42 Å². The SMILES string of the molecule is COCCc1nn(C)c(N)c1-c1ccccc1Cl. The van der Waals surface area contributed by atoms with Crippen LogP contribution in [0.25, 0.3) is 11.1 Å². The third-order valence-electron chi connectivity index (χ3n) is 2.85. The van der Waals surface area contributed by atoms with Crippen LogP contribution in [0.4, 0.5) is 5.82 Å². The Morgan fingerprint density at radius 1 is 1.39 bits per heavy atom. The second-order valence-corrected chi connectivity index (χ2v) is 4.46. The molecule has 2 N–H and O–H groups in total. The fraction of sp³-hybridized carbons (Fsp3) is 0.308. The molecule has 0 atom stereocenters. The van der Waals surface area contributed by atoms with Crippen molar-refractivity contribution in [3.05, 3.63) is 35.0 Å². The number of benzene rings is 1. The van der Waals surface area contributed by atoms with Crippen molar-refractivity contribution in [3.63, 3.8) is 0 Å². The Balaban J connectivity index is 2.52. The lowest BCUT2D eigenvalue weighted by Gasteiger charge is -2.06. The zero-order valence-corrected chi connectivity index (χ0v) is 11.2. The predicted octanol–water partition coefficient (Wildman–Crippen LogP) is 2.51. The lowest BCUT2D eigenvalue weighted by Crippen LogP contribution is -1.98. The highest BCUT2D eigenvalue weighted by atomic mass is 35.5. The highest BCUT2D eigenvalue weighted by molar-refractivity contribution is 6.33. The summed E-state index contributed by atoms with van der Waals surface area (Å²) in [5, 5.41) is 5.09. The van der Waals surface area contributed by atoms with E-state index in [-0.39, 0.29) is 0 Å². The summed E-state index contributed by atoms with van der Waals surface area (Å²) in [5.41, 5.74) is 8.80. The summed E-state index contributed by atoms with van der Waals surface area (Å²) in [7, 11) is 3.49. The van der Waals surface area contributed by atoms with Gasteiger partial charge in [0.1, 0.15) is 5.82 Å². The molecular weight excluding hydrogens is 250 g/mol. The Bertz CT molecular complexity index is 551. The van der Waals surface area contributed by atoms with Crippen molar-refractivity contribution < 1.29 is 4.74 Å². The van der Waals surface area contributed by atoms with E-state index in [9.17, 15) is 0 Å². The molecule has 0 spiro atoms. The van der Waals surface area contributed by atoms with Crippen molar-refractivity contribution >= 4 is 17.4 Å². The van der Waals surface area contributed by atoms with E-state index in [4.69, 9.17) is 22.1 Å². The van der Waals surface area contributed by atoms with E-state index < -0.39 is 0 Å². The predicted molar refractivity (Wildman–Crippen MR) is 73.6 cm³/mol. The number of rotatable bonds is 4. The van der Waals surface area contributed by atoms with Crippen LogP contribution in [0.1, 0.15) is 5.69 Å². The first-order valence-electron chi connectivity index (χ1n) is 5.70. The van der Waals surface area contributed by atoms with Crippen LogP contribution in [0.5, 0.6) is 0 Å². The van der Waals surface area contributed by atoms with E-state index >= 15 is 0 Å². The maximum absolute atomic E-state index is 6.22. The Kier molecular flexibility index (Phi) is 3.89. The maximum atomic E-state index is 6.22. The van der Waals surface area contributed by atoms with Gasteiger partial charge < -0.3 is 10.5 Å². The lowest BCUT2D eigenvalue weighted by molar-refractivity contribution is 0.201. The van der Waals surface area contributed by atoms with Gasteiger partial charge in [-0.05, 0) is 6.07 Å². The van der Waals surface area contributed by atoms with Crippen molar-refractivity contribution in [3.8, 4) is 11.1 Å². The van der Waals surface area contributed by atoms with Gasteiger partial charge in [0.15, 0.2) is 0 Å². The van der Waals surface area contributed by atoms with Crippen LogP contribution in [0, 0.1) is 0 Å². The molecule has 5 heteroatoms. The third-order valence-corrected chi connectivity index (χ3v) is 3.18. The molecule has 1 aromatic carbocycles. The largest absolute Gasteiger partial charge is 0.384 e. The van der Waals surface area contributed by atoms with E-state index in [1.807, 2.05) is 31.3 Å². The second-order valence-electron chi connectivity index (χ2n) is 4.05. The average molecular weight is 266 g/mol. The van der Waals surface area contributed by atoms with Gasteiger partial charge in [-0.15, -0.1) is 0 Å². The number of methoxy groups -OCH3 is 1. The number of aryl methyl sites for hydroxylation is 1. The van der Waals surface area contributed by atoms with E-state index in [1.165, 1.54) is 0 Å². The van der Waals surface area contributed by atoms with Crippen molar-refractivity contribution in [1.82, 2.24) is 9.78 Å². The summed E-state index contributed by atoms with van der Waals surface area (Å²) in [6.07, 6.45) is 0.710. The zero-order chi connectivity index (χ0) is 13.1. The fourth-order valence-electron chi connectivity index (χ4n) is 1.93. The molecule has 0 amide bonds. The number of aromatic nitrogens is 2. The summed E-state index contributed by atoms with van der Waals surface area (Å²) >= 11 is 6.22. The summed E-state index contributed by atoms with van der Waals surface area (Å²) in [4.78, 5) is 0. The second kappa shape index (κ2) is 5.42. The quantitative estimate of drug-likeness (QED) is 0.924. The molecule has 0 aliphatic rings. The minimum atomic E-state index is 0.605. The first kappa shape index (κ1) is 12.9. The van der Waals surface area contributed by atoms with Gasteiger partial charge >= 0.3 is 0 Å². The monoisotopic (exact) mass is 265 g/mol. The van der Waals surface area contributed by atoms with Crippen LogP contribution in [0.3, 0.4) is 0 Å². The van der Waals surface area contributed by atoms with Crippen LogP contribution in [-0.2, 0) is 18.2 Å². The standard InChI is InChI=1S/C13H16ClN3O/c1-17-13(15)12(11(16-17)7-8-18-2)9-5-3-4-6-10(9)14/h3-6H,7-8,15H2,1-2H3. The minimum Gasteiger partial charge on any atom is -0.384 e. The minimum absolute atomic E-state index is 0.605. The van der Waals surface area contributed by atoms with Crippen LogP contribution >= 0.6 is 11.6 Å². The van der Waals surface area contributed by atoms with Crippen molar-refractivity contribution in [2.75, 3.05) is 19.5 Å². The van der Waals surface area contributed by atoms with Gasteiger partial charge in [0.2, 0.25) is 0 Å². The van der Waals surface area contributed by atoms with Gasteiger partial charge in [-0.25, -0.2) is 0 Å². The van der Waals surface area contributed by atoms with Gasteiger partial charge in [0.05, 0.1) is 12.3 Å². The number of hydrogen-bond donors (Lipinski definition) is 1. The summed E-state index contributed by atoms with van der Waals surface area (Å²) in [6, 6.07) is 7.64. The van der Waals surface area contributed by atoms with E-state index in [0.29, 0.717) is 23.9 Å². The molecule has 0 saturated carbocycles. The highest BCUT2D eigenvalue weighted by Gasteiger charge is 2.17. The molecule has 1 heterocycles. The van der Waals surface area contributed by atoms with E-state index in [2.05, 4.69) is 5.10 Å². The van der Waals surface area contributed by atoms with Crippen molar-refractivity contribution in [2.24, 2.45) is 7.05 Å². The fourth-order valence-corrected chi connectivity index (χ4v) is 2.16. The number of nitrogens with zero attached hydrogens (tertiary/aromatic N) is 2. The smallest absolute Gasteiger partial charge is 0.129 e. The van der Waals surface area contributed by atoms with Gasteiger partial charge in [0.25, 0.3) is 0 Å². The molecule has 0 bridgehead atoms. The maximum Gasteiger partial charge on any atom is 0.129 e. The van der Waals surface area contributed by atoms with E-state index in [1.54, 1.807) is 11.8 Å². The van der Waals surface area contributed by atoms with Crippen molar-refractivity contribution in [1.29, 1.82) is 0 Å². The molecule has 0 saturated heterocycles. The molecule has 0 fully saturated rings. The number of halogens is 1. The number of nitrogens with two attached hydrogens (primary N) is 1. The molecule has 1 aromatic heterocycles. The Labute approximate surface area is 111 Å². The molecule has 96 valence electrons. The average Bonchev–Trinajstić information content (AvgIpc) is 2.64. The van der Waals surface area contributed by atoms with Crippen LogP contribution in [-0.4, -0.2) is 23.5 Å². The first-order chi connectivity index (χ1) is 8.65. The van der Waals surface area contributed by atoms with Gasteiger partial charge in [-0.2, -0.15) is 5.10 Å². The highest BCUT2D eigenvalue weighted by Crippen LogP contribution is 2.34. The Morgan fingerprint density at radius 2 is 2.11 bits per heavy atom. The molecule has 2 rings (SSSR count). The molecule has 2 aromatic rings. The van der Waals surface area contributed by atoms with E-state index in [0.717, 1.165) is 16.8 Å². The number of hydrogen-bond acceptors (Lipinski definition) is 3. The number of nitrogen functional groups attached to an aromatic ring is 1. The molecule has 0 aliphatic carbocycles. The third kappa shape index (κ3) is 2.35. The summed E-state index contributed by atoms with van der Waals surface area (Å²) in [6.45, 7) is 0.605. The normalized spacial score (nSPS) is 10.8. The first-order valence-corrected chi connectivity index (χ1v) is 6.08. The Hall–Kier alpha value is -1.52. The van der Waals surface area contributed by atoms with Gasteiger partial charge in [0, 0.05) is 36.7 Å². The number of ether oxygens (including phenoxy) is 1. The molecule has 18 heavy (non-hydrogen) atoms. The number of anilines is 1. The van der Waals surface area contributed by atoms with Crippen LogP contribution < -0.4 is 5.73 Å². The molecule has 0 unspecified atom stereocenters. The van der Waals surface area contributed by atoms with Gasteiger partial charge in [-0.3, -0.25) is 4.68 Å².